The van der Waals surface area contributed by atoms with Gasteiger partial charge in [0.15, 0.2) is 18.2 Å². The molecule has 0 aliphatic heterocycles. The number of hydrogen-bond acceptors (Lipinski definition) is 2. The van der Waals surface area contributed by atoms with Gasteiger partial charge in [0.1, 0.15) is 12.3 Å². The maximum absolute atomic E-state index is 12.3. The van der Waals surface area contributed by atoms with E-state index < -0.39 is 0 Å². The average Bonchev–Trinajstić information content (AvgIpc) is 2.74. The molecule has 0 amide bonds. The molecule has 2 rings (SSSR count). The highest BCUT2D eigenvalue weighted by molar-refractivity contribution is 6.06. The fourth-order valence-electron chi connectivity index (χ4n) is 3.23. The third-order valence-corrected chi connectivity index (χ3v) is 4.95. The van der Waals surface area contributed by atoms with Crippen LogP contribution in [0.3, 0.4) is 0 Å². The molecule has 0 aliphatic carbocycles. The molecule has 3 heteroatoms. The fourth-order valence-corrected chi connectivity index (χ4v) is 3.23. The molecule has 0 saturated carbocycles. The average molecular weight is 381 g/mol. The van der Waals surface area contributed by atoms with Crippen molar-refractivity contribution >= 4 is 11.9 Å². The van der Waals surface area contributed by atoms with Gasteiger partial charge in [0.2, 0.25) is 0 Å². The second-order valence-corrected chi connectivity index (χ2v) is 7.28. The Morgan fingerprint density at radius 2 is 1.64 bits per heavy atom. The van der Waals surface area contributed by atoms with Crippen LogP contribution in [0.1, 0.15) is 74.2 Å². The summed E-state index contributed by atoms with van der Waals surface area (Å²) in [6.07, 6.45) is 18.4. The number of ketones is 1. The summed E-state index contributed by atoms with van der Waals surface area (Å²) in [7, 11) is 1.62. The SMILES string of the molecule is CCCCCCCCCC[n+]1cccc(/C=C/C(=O)c2ccc(OC)cc2)c1. The van der Waals surface area contributed by atoms with Gasteiger partial charge in [0.25, 0.3) is 0 Å². The number of methoxy groups -OCH3 is 1. The van der Waals surface area contributed by atoms with Crippen LogP contribution in [-0.2, 0) is 6.54 Å². The first-order valence-corrected chi connectivity index (χ1v) is 10.6. The summed E-state index contributed by atoms with van der Waals surface area (Å²) in [5, 5.41) is 0. The Bertz CT molecular complexity index is 734. The van der Waals surface area contributed by atoms with Crippen molar-refractivity contribution in [3.63, 3.8) is 0 Å². The van der Waals surface area contributed by atoms with Crippen molar-refractivity contribution in [3.8, 4) is 5.75 Å². The van der Waals surface area contributed by atoms with Crippen LogP contribution in [0.5, 0.6) is 5.75 Å². The third kappa shape index (κ3) is 8.08. The van der Waals surface area contributed by atoms with Gasteiger partial charge in [-0.1, -0.05) is 45.4 Å². The highest BCUT2D eigenvalue weighted by Crippen LogP contribution is 2.13. The molecule has 150 valence electrons. The number of aromatic nitrogens is 1. The number of rotatable bonds is 13. The molecule has 0 saturated heterocycles. The number of pyridine rings is 1. The van der Waals surface area contributed by atoms with Crippen LogP contribution in [0.2, 0.25) is 0 Å². The number of nitrogens with zero attached hydrogens (tertiary/aromatic N) is 1. The van der Waals surface area contributed by atoms with E-state index >= 15 is 0 Å². The largest absolute Gasteiger partial charge is 0.497 e. The lowest BCUT2D eigenvalue weighted by atomic mass is 10.1. The molecular weight excluding hydrogens is 346 g/mol. The van der Waals surface area contributed by atoms with Gasteiger partial charge >= 0.3 is 0 Å². The second kappa shape index (κ2) is 12.9. The number of unbranched alkanes of at least 4 members (excludes halogenated alkanes) is 7. The lowest BCUT2D eigenvalue weighted by molar-refractivity contribution is -0.697. The van der Waals surface area contributed by atoms with Crippen LogP contribution >= 0.6 is 0 Å². The van der Waals surface area contributed by atoms with Crippen LogP contribution in [0.25, 0.3) is 6.08 Å². The van der Waals surface area contributed by atoms with E-state index in [2.05, 4.69) is 23.9 Å². The monoisotopic (exact) mass is 380 g/mol. The maximum Gasteiger partial charge on any atom is 0.185 e. The topological polar surface area (TPSA) is 30.2 Å². The smallest absolute Gasteiger partial charge is 0.185 e. The summed E-state index contributed by atoms with van der Waals surface area (Å²) in [4.78, 5) is 12.3. The zero-order valence-corrected chi connectivity index (χ0v) is 17.4. The summed E-state index contributed by atoms with van der Waals surface area (Å²) in [6, 6.07) is 11.3. The number of hydrogen-bond donors (Lipinski definition) is 0. The van der Waals surface area contributed by atoms with Gasteiger partial charge in [-0.25, -0.2) is 4.57 Å². The highest BCUT2D eigenvalue weighted by atomic mass is 16.5. The Kier molecular flexibility index (Phi) is 10.1. The number of benzene rings is 1. The molecule has 0 bridgehead atoms. The van der Waals surface area contributed by atoms with E-state index in [1.54, 1.807) is 37.5 Å². The number of ether oxygens (including phenoxy) is 1. The Hall–Kier alpha value is -2.42. The quantitative estimate of drug-likeness (QED) is 0.184. The maximum atomic E-state index is 12.3. The highest BCUT2D eigenvalue weighted by Gasteiger charge is 2.04. The zero-order valence-electron chi connectivity index (χ0n) is 17.4. The van der Waals surface area contributed by atoms with Crippen LogP contribution in [0.4, 0.5) is 0 Å². The Morgan fingerprint density at radius 1 is 0.964 bits per heavy atom. The first-order chi connectivity index (χ1) is 13.7. The molecule has 0 unspecified atom stereocenters. The van der Waals surface area contributed by atoms with Gasteiger partial charge in [0, 0.05) is 23.6 Å². The molecule has 0 atom stereocenters. The van der Waals surface area contributed by atoms with Crippen molar-refractivity contribution in [1.82, 2.24) is 0 Å². The van der Waals surface area contributed by atoms with Crippen LogP contribution in [0.15, 0.2) is 54.9 Å². The van der Waals surface area contributed by atoms with Crippen molar-refractivity contribution in [2.75, 3.05) is 7.11 Å². The van der Waals surface area contributed by atoms with Gasteiger partial charge in [-0.2, -0.15) is 0 Å². The van der Waals surface area contributed by atoms with E-state index in [9.17, 15) is 4.79 Å². The molecule has 2 aromatic rings. The first-order valence-electron chi connectivity index (χ1n) is 10.6. The van der Waals surface area contributed by atoms with Crippen molar-refractivity contribution < 1.29 is 14.1 Å². The molecule has 0 fully saturated rings. The number of allylic oxidation sites excluding steroid dienone is 1. The van der Waals surface area contributed by atoms with E-state index in [0.717, 1.165) is 17.9 Å². The second-order valence-electron chi connectivity index (χ2n) is 7.28. The molecule has 0 aliphatic rings. The summed E-state index contributed by atoms with van der Waals surface area (Å²) in [5.74, 6) is 0.756. The molecule has 28 heavy (non-hydrogen) atoms. The van der Waals surface area contributed by atoms with Crippen molar-refractivity contribution in [1.29, 1.82) is 0 Å². The Balaban J connectivity index is 1.77. The van der Waals surface area contributed by atoms with Gasteiger partial charge in [0.05, 0.1) is 7.11 Å². The van der Waals surface area contributed by atoms with E-state index in [0.29, 0.717) is 5.56 Å². The van der Waals surface area contributed by atoms with Gasteiger partial charge in [-0.15, -0.1) is 0 Å². The lowest BCUT2D eigenvalue weighted by Crippen LogP contribution is -2.32. The van der Waals surface area contributed by atoms with E-state index in [-0.39, 0.29) is 5.78 Å². The zero-order chi connectivity index (χ0) is 20.0. The standard InChI is InChI=1S/C25H34NO2/c1-3-4-5-6-7-8-9-10-19-26-20-11-12-22(21-26)13-18-25(27)23-14-16-24(28-2)17-15-23/h11-18,20-21H,3-10,19H2,1-2H3/q+1/b18-13+. The summed E-state index contributed by atoms with van der Waals surface area (Å²) < 4.78 is 7.35. The minimum Gasteiger partial charge on any atom is -0.497 e. The normalized spacial score (nSPS) is 11.1. The minimum absolute atomic E-state index is 0.00105. The number of aryl methyl sites for hydroxylation is 1. The van der Waals surface area contributed by atoms with E-state index in [4.69, 9.17) is 4.74 Å². The van der Waals surface area contributed by atoms with Gasteiger partial charge in [-0.05, 0) is 48.9 Å². The molecule has 1 heterocycles. The van der Waals surface area contributed by atoms with Crippen molar-refractivity contribution in [2.24, 2.45) is 0 Å². The molecule has 1 aromatic heterocycles. The number of carbonyl (C=O) groups is 1. The predicted octanol–water partition coefficient (Wildman–Crippen LogP) is 6.02. The molecular formula is C25H34NO2+. The van der Waals surface area contributed by atoms with E-state index in [1.807, 2.05) is 18.2 Å². The van der Waals surface area contributed by atoms with Crippen molar-refractivity contribution in [2.45, 2.75) is 64.8 Å². The summed E-state index contributed by atoms with van der Waals surface area (Å²) >= 11 is 0. The Morgan fingerprint density at radius 3 is 2.32 bits per heavy atom. The summed E-state index contributed by atoms with van der Waals surface area (Å²) in [5.41, 5.74) is 1.71. The molecule has 0 spiro atoms. The first kappa shape index (κ1) is 21.9. The molecule has 0 radical (unpaired) electrons. The molecule has 3 nitrogen and oxygen atoms in total. The number of carbonyl (C=O) groups excluding carboxylic acids is 1. The summed E-state index contributed by atoms with van der Waals surface area (Å²) in [6.45, 7) is 3.29. The van der Waals surface area contributed by atoms with Crippen molar-refractivity contribution in [3.05, 3.63) is 66.0 Å². The van der Waals surface area contributed by atoms with Crippen LogP contribution < -0.4 is 9.30 Å². The molecule has 1 aromatic carbocycles. The van der Waals surface area contributed by atoms with E-state index in [1.165, 1.54) is 51.4 Å². The van der Waals surface area contributed by atoms with Gasteiger partial charge in [-0.3, -0.25) is 4.79 Å². The van der Waals surface area contributed by atoms with Crippen LogP contribution in [0, 0.1) is 0 Å². The Labute approximate surface area is 170 Å². The molecule has 0 N–H and O–H groups in total. The minimum atomic E-state index is 0.00105. The van der Waals surface area contributed by atoms with Crippen LogP contribution in [-0.4, -0.2) is 12.9 Å². The third-order valence-electron chi connectivity index (χ3n) is 4.95. The predicted molar refractivity (Wildman–Crippen MR) is 116 cm³/mol. The van der Waals surface area contributed by atoms with Gasteiger partial charge < -0.3 is 4.74 Å². The fraction of sp³-hybridized carbons (Fsp3) is 0.440. The lowest BCUT2D eigenvalue weighted by Gasteiger charge is -2.01.